The Morgan fingerprint density at radius 2 is 1.58 bits per heavy atom. The molecule has 2 heterocycles. The highest BCUT2D eigenvalue weighted by molar-refractivity contribution is 7.99. The average Bonchev–Trinajstić information content (AvgIpc) is 3.70. The third-order valence-corrected chi connectivity index (χ3v) is 18.7. The van der Waals surface area contributed by atoms with Gasteiger partial charge in [-0.25, -0.2) is 35.1 Å². The van der Waals surface area contributed by atoms with Crippen LogP contribution >= 0.6 is 11.8 Å². The first-order valence-corrected chi connectivity index (χ1v) is 27.2. The van der Waals surface area contributed by atoms with E-state index in [1.165, 1.54) is 35.0 Å². The number of carboxylic acid groups (broad SMARTS) is 1. The first kappa shape index (κ1) is 50.9. The monoisotopic (exact) mass is 1020 g/mol. The molecule has 3 saturated carbocycles. The van der Waals surface area contributed by atoms with Gasteiger partial charge in [-0.1, -0.05) is 43.2 Å². The van der Waals surface area contributed by atoms with Crippen LogP contribution in [0.25, 0.3) is 0 Å². The van der Waals surface area contributed by atoms with Crippen LogP contribution in [0.3, 0.4) is 0 Å². The third-order valence-electron chi connectivity index (χ3n) is 14.7. The number of allylic oxidation sites excluding steroid dienone is 1. The molecule has 376 valence electrons. The second-order valence-electron chi connectivity index (χ2n) is 20.2. The number of halogens is 5. The van der Waals surface area contributed by atoms with Crippen molar-refractivity contribution in [2.75, 3.05) is 68.3 Å². The molecule has 2 aliphatic heterocycles. The molecule has 4 N–H and O–H groups in total. The van der Waals surface area contributed by atoms with Crippen LogP contribution in [0.4, 0.5) is 38.1 Å². The molecule has 21 heteroatoms. The van der Waals surface area contributed by atoms with Crippen LogP contribution in [0, 0.1) is 16.2 Å². The van der Waals surface area contributed by atoms with Crippen LogP contribution in [0.15, 0.2) is 98.6 Å². The topological polar surface area (TPSA) is 168 Å². The van der Waals surface area contributed by atoms with Crippen molar-refractivity contribution in [1.82, 2.24) is 19.8 Å². The first-order valence-electron chi connectivity index (χ1n) is 23.2. The summed E-state index contributed by atoms with van der Waals surface area (Å²) in [7, 11) is -11.0. The number of carbonyl (C=O) groups is 2. The van der Waals surface area contributed by atoms with Gasteiger partial charge in [-0.3, -0.25) is 9.69 Å². The lowest BCUT2D eigenvalue weighted by molar-refractivity contribution is -0.250. The highest BCUT2D eigenvalue weighted by atomic mass is 32.2. The fraction of sp³-hybridized carbons (Fsp3) is 0.542. The molecular formula is C48H59F5N6O7S3. The van der Waals surface area contributed by atoms with Gasteiger partial charge in [-0.2, -0.15) is 13.2 Å². The number of hydrogen-bond donors (Lipinski definition) is 4. The van der Waals surface area contributed by atoms with Crippen LogP contribution in [0.2, 0.25) is 0 Å². The van der Waals surface area contributed by atoms with Gasteiger partial charge in [-0.05, 0) is 117 Å². The van der Waals surface area contributed by atoms with E-state index in [4.69, 9.17) is 5.11 Å². The number of sulfonamides is 1. The Balaban J connectivity index is 0.917. The van der Waals surface area contributed by atoms with Crippen molar-refractivity contribution < 1.29 is 53.5 Å². The van der Waals surface area contributed by atoms with Gasteiger partial charge in [0.25, 0.3) is 25.8 Å². The maximum atomic E-state index is 14.2. The van der Waals surface area contributed by atoms with E-state index in [0.717, 1.165) is 61.6 Å². The van der Waals surface area contributed by atoms with Crippen molar-refractivity contribution in [3.05, 3.63) is 89.5 Å². The fourth-order valence-electron chi connectivity index (χ4n) is 10.9. The number of amides is 2. The standard InChI is InChI=1S/C48H59F5N6O7S3/c1-45(2)17-14-33(39(25-45)46-29-47(30-46,31-46)43(49)50)26-58-20-22-59(23-21-58)36-10-8-32(9-11-36)42(60)56-69(65,66)38-12-13-40(41(24-38)68(63,64)48(51,52)53)54-35(28-67-37-6-4-3-5-7-37)16-19-57-18-15-34(27-57)55-44(61)62/h3-13,24,34-35,43,54-55H,14-23,25-31H2,1-2H3,(H,56,60)(H,61,62)/t34-,35+,46?,47?/m0/s1. The van der Waals surface area contributed by atoms with Gasteiger partial charge in [0.15, 0.2) is 0 Å². The Morgan fingerprint density at radius 3 is 2.22 bits per heavy atom. The minimum atomic E-state index is -6.13. The summed E-state index contributed by atoms with van der Waals surface area (Å²) >= 11 is 1.38. The summed E-state index contributed by atoms with van der Waals surface area (Å²) in [6.07, 6.45) is 2.20. The predicted molar refractivity (Wildman–Crippen MR) is 254 cm³/mol. The van der Waals surface area contributed by atoms with E-state index in [1.54, 1.807) is 12.1 Å². The molecule has 13 nitrogen and oxygen atoms in total. The summed E-state index contributed by atoms with van der Waals surface area (Å²) in [4.78, 5) is 29.7. The summed E-state index contributed by atoms with van der Waals surface area (Å²) in [6, 6.07) is 16.7. The Hall–Kier alpha value is -4.44. The summed E-state index contributed by atoms with van der Waals surface area (Å²) in [6.45, 7) is 9.59. The molecule has 9 rings (SSSR count). The average molecular weight is 1020 g/mol. The molecule has 3 aromatic carbocycles. The van der Waals surface area contributed by atoms with E-state index in [-0.39, 0.29) is 28.2 Å². The lowest BCUT2D eigenvalue weighted by Gasteiger charge is -2.72. The number of sulfone groups is 1. The third kappa shape index (κ3) is 11.2. The van der Waals surface area contributed by atoms with Crippen molar-refractivity contribution in [3.63, 3.8) is 0 Å². The van der Waals surface area contributed by atoms with Gasteiger partial charge >= 0.3 is 11.6 Å². The molecule has 5 fully saturated rings. The normalized spacial score (nSPS) is 24.6. The largest absolute Gasteiger partial charge is 0.501 e. The molecule has 2 saturated heterocycles. The Morgan fingerprint density at radius 1 is 0.899 bits per heavy atom. The maximum absolute atomic E-state index is 14.2. The van der Waals surface area contributed by atoms with E-state index in [9.17, 15) is 48.4 Å². The van der Waals surface area contributed by atoms with E-state index in [0.29, 0.717) is 70.9 Å². The molecule has 69 heavy (non-hydrogen) atoms. The van der Waals surface area contributed by atoms with Crippen LogP contribution in [-0.2, 0) is 19.9 Å². The minimum Gasteiger partial charge on any atom is -0.465 e. The second-order valence-corrected chi connectivity index (χ2v) is 24.9. The SMILES string of the molecule is CC1(C)CCC(CN2CCN(c3ccc(C(=O)NS(=O)(=O)c4ccc(N[C@H](CCN5CC[C@H](NC(=O)O)C5)CSc5ccccc5)c(S(=O)(=O)C(F)(F)F)c4)cc3)CC2)=C(C23CC(C(F)F)(C2)C3)C1. The van der Waals surface area contributed by atoms with Crippen molar-refractivity contribution in [2.24, 2.45) is 16.2 Å². The summed E-state index contributed by atoms with van der Waals surface area (Å²) in [5.41, 5.74) is -3.41. The Kier molecular flexibility index (Phi) is 14.5. The maximum Gasteiger partial charge on any atom is 0.501 e. The summed E-state index contributed by atoms with van der Waals surface area (Å²) in [5.74, 6) is -0.795. The molecule has 2 bridgehead atoms. The highest BCUT2D eigenvalue weighted by Crippen LogP contribution is 2.79. The van der Waals surface area contributed by atoms with Crippen LogP contribution in [0.1, 0.15) is 75.6 Å². The number of hydrogen-bond acceptors (Lipinski definition) is 11. The van der Waals surface area contributed by atoms with E-state index >= 15 is 0 Å². The van der Waals surface area contributed by atoms with E-state index < -0.39 is 70.7 Å². The zero-order valence-electron chi connectivity index (χ0n) is 38.5. The number of piperazine rings is 1. The molecule has 0 aromatic heterocycles. The second kappa shape index (κ2) is 19.6. The molecular weight excluding hydrogens is 964 g/mol. The zero-order valence-corrected chi connectivity index (χ0v) is 41.0. The number of nitrogens with zero attached hydrogens (tertiary/aromatic N) is 3. The van der Waals surface area contributed by atoms with Gasteiger partial charge in [-0.15, -0.1) is 11.8 Å². The van der Waals surface area contributed by atoms with Crippen LogP contribution in [-0.4, -0.2) is 126 Å². The van der Waals surface area contributed by atoms with Gasteiger partial charge in [0.05, 0.1) is 10.6 Å². The number of nitrogens with one attached hydrogen (secondary N) is 3. The van der Waals surface area contributed by atoms with Crippen molar-refractivity contribution in [2.45, 2.75) is 104 Å². The van der Waals surface area contributed by atoms with E-state index in [1.807, 2.05) is 40.0 Å². The van der Waals surface area contributed by atoms with Gasteiger partial charge in [0.2, 0.25) is 6.43 Å². The van der Waals surface area contributed by atoms with Gasteiger partial charge in [0.1, 0.15) is 4.90 Å². The summed E-state index contributed by atoms with van der Waals surface area (Å²) < 4.78 is 125. The Bertz CT molecular complexity index is 2630. The zero-order chi connectivity index (χ0) is 49.6. The molecule has 3 aromatic rings. The lowest BCUT2D eigenvalue weighted by Crippen LogP contribution is -2.66. The number of likely N-dealkylation sites (tertiary alicyclic amines) is 1. The molecule has 4 aliphatic carbocycles. The lowest BCUT2D eigenvalue weighted by atomic mass is 9.32. The first-order chi connectivity index (χ1) is 32.5. The number of rotatable bonds is 18. The molecule has 0 unspecified atom stereocenters. The van der Waals surface area contributed by atoms with Gasteiger partial charge in [0, 0.05) is 91.8 Å². The van der Waals surface area contributed by atoms with Crippen molar-refractivity contribution in [3.8, 4) is 0 Å². The molecule has 0 radical (unpaired) electrons. The van der Waals surface area contributed by atoms with Crippen LogP contribution < -0.4 is 20.3 Å². The number of anilines is 2. The van der Waals surface area contributed by atoms with Crippen molar-refractivity contribution >= 4 is 55.0 Å². The number of carbonyl (C=O) groups excluding carboxylic acids is 1. The quantitative estimate of drug-likeness (QED) is 0.0546. The molecule has 2 amide bonds. The fourth-order valence-corrected chi connectivity index (χ4v) is 13.9. The highest BCUT2D eigenvalue weighted by Gasteiger charge is 2.73. The Labute approximate surface area is 404 Å². The minimum absolute atomic E-state index is 0.0499. The van der Waals surface area contributed by atoms with Gasteiger partial charge < -0.3 is 25.5 Å². The smallest absolute Gasteiger partial charge is 0.465 e. The summed E-state index contributed by atoms with van der Waals surface area (Å²) in [5, 5.41) is 14.5. The molecule has 2 atom stereocenters. The predicted octanol–water partition coefficient (Wildman–Crippen LogP) is 8.47. The molecule has 0 spiro atoms. The van der Waals surface area contributed by atoms with Crippen molar-refractivity contribution in [1.29, 1.82) is 0 Å². The molecule has 6 aliphatic rings. The number of alkyl halides is 5. The van der Waals surface area contributed by atoms with E-state index in [2.05, 4.69) is 34.3 Å². The number of thioether (sulfide) groups is 1. The van der Waals surface area contributed by atoms with Crippen LogP contribution in [0.5, 0.6) is 0 Å². The number of benzene rings is 3.